The minimum atomic E-state index is -0.198. The molecule has 23 heavy (non-hydrogen) atoms. The Morgan fingerprint density at radius 1 is 1.22 bits per heavy atom. The summed E-state index contributed by atoms with van der Waals surface area (Å²) in [6, 6.07) is 7.34. The molecule has 2 aromatic rings. The lowest BCUT2D eigenvalue weighted by Gasteiger charge is -2.15. The molecule has 0 aliphatic rings. The zero-order valence-corrected chi connectivity index (χ0v) is 13.8. The molecule has 2 rings (SSSR count). The minimum Gasteiger partial charge on any atom is -0.350 e. The molecule has 124 valence electrons. The third-order valence-electron chi connectivity index (χ3n) is 4.16. The molecule has 0 saturated heterocycles. The van der Waals surface area contributed by atoms with Crippen LogP contribution in [0.2, 0.25) is 0 Å². The highest BCUT2D eigenvalue weighted by molar-refractivity contribution is 5.84. The van der Waals surface area contributed by atoms with Crippen LogP contribution in [0.4, 0.5) is 0 Å². The Bertz CT molecular complexity index is 707. The SMILES string of the molecule is CC[NH+](CC)CCNC(=O)CCc1n[nH]c(=O)c2ccccc12. The van der Waals surface area contributed by atoms with Gasteiger partial charge in [0.1, 0.15) is 0 Å². The molecule has 1 amide bonds. The van der Waals surface area contributed by atoms with Gasteiger partial charge in [0.2, 0.25) is 5.91 Å². The number of carbonyl (C=O) groups is 1. The Hall–Kier alpha value is -2.21. The number of likely N-dealkylation sites (N-methyl/N-ethyl adjacent to an activating group) is 1. The van der Waals surface area contributed by atoms with Crippen molar-refractivity contribution in [2.24, 2.45) is 0 Å². The number of hydrogen-bond donors (Lipinski definition) is 3. The third kappa shape index (κ3) is 4.63. The first kappa shape index (κ1) is 17.1. The van der Waals surface area contributed by atoms with Crippen LogP contribution in [0.5, 0.6) is 0 Å². The van der Waals surface area contributed by atoms with E-state index in [1.54, 1.807) is 6.07 Å². The average molecular weight is 317 g/mol. The maximum absolute atomic E-state index is 12.0. The van der Waals surface area contributed by atoms with Crippen LogP contribution < -0.4 is 15.8 Å². The van der Waals surface area contributed by atoms with E-state index in [-0.39, 0.29) is 11.5 Å². The van der Waals surface area contributed by atoms with Crippen molar-refractivity contribution < 1.29 is 9.69 Å². The number of nitrogens with one attached hydrogen (secondary N) is 3. The van der Waals surface area contributed by atoms with Crippen molar-refractivity contribution in [3.63, 3.8) is 0 Å². The normalized spacial score (nSPS) is 11.1. The third-order valence-corrected chi connectivity index (χ3v) is 4.16. The lowest BCUT2D eigenvalue weighted by molar-refractivity contribution is -0.895. The molecule has 6 heteroatoms. The molecular weight excluding hydrogens is 292 g/mol. The molecule has 0 fully saturated rings. The zero-order chi connectivity index (χ0) is 16.7. The van der Waals surface area contributed by atoms with Crippen LogP contribution in [0.15, 0.2) is 29.1 Å². The Kier molecular flexibility index (Phi) is 6.29. The summed E-state index contributed by atoms with van der Waals surface area (Å²) < 4.78 is 0. The second-order valence-electron chi connectivity index (χ2n) is 5.60. The first-order valence-electron chi connectivity index (χ1n) is 8.22. The predicted molar refractivity (Wildman–Crippen MR) is 90.6 cm³/mol. The zero-order valence-electron chi connectivity index (χ0n) is 13.8. The largest absolute Gasteiger partial charge is 0.350 e. The summed E-state index contributed by atoms with van der Waals surface area (Å²) in [4.78, 5) is 25.2. The van der Waals surface area contributed by atoms with E-state index < -0.39 is 0 Å². The van der Waals surface area contributed by atoms with Crippen LogP contribution in [0, 0.1) is 0 Å². The van der Waals surface area contributed by atoms with Crippen LogP contribution >= 0.6 is 0 Å². The first-order valence-corrected chi connectivity index (χ1v) is 8.22. The molecule has 0 aliphatic heterocycles. The Morgan fingerprint density at radius 2 is 1.91 bits per heavy atom. The first-order chi connectivity index (χ1) is 11.2. The molecular formula is C17H25N4O2+. The fourth-order valence-electron chi connectivity index (χ4n) is 2.66. The van der Waals surface area contributed by atoms with Crippen molar-refractivity contribution in [1.82, 2.24) is 15.5 Å². The highest BCUT2D eigenvalue weighted by atomic mass is 16.1. The number of carbonyl (C=O) groups excluding carboxylic acids is 1. The number of benzene rings is 1. The van der Waals surface area contributed by atoms with Crippen molar-refractivity contribution in [3.8, 4) is 0 Å². The van der Waals surface area contributed by atoms with Crippen molar-refractivity contribution in [1.29, 1.82) is 0 Å². The molecule has 0 radical (unpaired) electrons. The van der Waals surface area contributed by atoms with E-state index >= 15 is 0 Å². The highest BCUT2D eigenvalue weighted by Crippen LogP contribution is 2.13. The Morgan fingerprint density at radius 3 is 2.61 bits per heavy atom. The summed E-state index contributed by atoms with van der Waals surface area (Å²) in [7, 11) is 0. The molecule has 3 N–H and O–H groups in total. The number of aromatic nitrogens is 2. The van der Waals surface area contributed by atoms with Gasteiger partial charge < -0.3 is 10.2 Å². The van der Waals surface area contributed by atoms with Crippen molar-refractivity contribution in [3.05, 3.63) is 40.3 Å². The van der Waals surface area contributed by atoms with E-state index in [1.807, 2.05) is 18.2 Å². The van der Waals surface area contributed by atoms with E-state index in [4.69, 9.17) is 0 Å². The average Bonchev–Trinajstić information content (AvgIpc) is 2.58. The van der Waals surface area contributed by atoms with E-state index in [2.05, 4.69) is 29.4 Å². The lowest BCUT2D eigenvalue weighted by atomic mass is 10.1. The van der Waals surface area contributed by atoms with Gasteiger partial charge in [-0.15, -0.1) is 0 Å². The topological polar surface area (TPSA) is 79.3 Å². The van der Waals surface area contributed by atoms with Gasteiger partial charge in [0, 0.05) is 18.2 Å². The minimum absolute atomic E-state index is 0.0219. The molecule has 0 bridgehead atoms. The molecule has 0 atom stereocenters. The monoisotopic (exact) mass is 317 g/mol. The predicted octanol–water partition coefficient (Wildman–Crippen LogP) is -0.103. The molecule has 0 unspecified atom stereocenters. The Labute approximate surface area is 135 Å². The van der Waals surface area contributed by atoms with Gasteiger partial charge in [0.05, 0.1) is 37.3 Å². The molecule has 0 saturated carbocycles. The van der Waals surface area contributed by atoms with Gasteiger partial charge in [0.25, 0.3) is 5.56 Å². The maximum Gasteiger partial charge on any atom is 0.272 e. The molecule has 1 aromatic heterocycles. The maximum atomic E-state index is 12.0. The van der Waals surface area contributed by atoms with Gasteiger partial charge in [-0.1, -0.05) is 18.2 Å². The van der Waals surface area contributed by atoms with Gasteiger partial charge in [0.15, 0.2) is 0 Å². The summed E-state index contributed by atoms with van der Waals surface area (Å²) in [5.74, 6) is 0.0219. The van der Waals surface area contributed by atoms with Crippen molar-refractivity contribution >= 4 is 16.7 Å². The van der Waals surface area contributed by atoms with Gasteiger partial charge in [-0.05, 0) is 19.9 Å². The van der Waals surface area contributed by atoms with Gasteiger partial charge in [-0.3, -0.25) is 9.59 Å². The molecule has 1 heterocycles. The lowest BCUT2D eigenvalue weighted by Crippen LogP contribution is -3.12. The second-order valence-corrected chi connectivity index (χ2v) is 5.60. The van der Waals surface area contributed by atoms with Crippen molar-refractivity contribution in [2.45, 2.75) is 26.7 Å². The number of hydrogen-bond acceptors (Lipinski definition) is 3. The van der Waals surface area contributed by atoms with Crippen LogP contribution in [-0.2, 0) is 11.2 Å². The number of amides is 1. The van der Waals surface area contributed by atoms with Crippen molar-refractivity contribution in [2.75, 3.05) is 26.2 Å². The summed E-state index contributed by atoms with van der Waals surface area (Å²) in [6.45, 7) is 8.06. The second kappa shape index (κ2) is 8.43. The summed E-state index contributed by atoms with van der Waals surface area (Å²) >= 11 is 0. The fraction of sp³-hybridized carbons (Fsp3) is 0.471. The van der Waals surface area contributed by atoms with E-state index in [9.17, 15) is 9.59 Å². The number of quaternary nitrogens is 1. The quantitative estimate of drug-likeness (QED) is 0.636. The fourth-order valence-corrected chi connectivity index (χ4v) is 2.66. The number of nitrogens with zero attached hydrogens (tertiary/aromatic N) is 1. The summed E-state index contributed by atoms with van der Waals surface area (Å²) in [6.07, 6.45) is 0.887. The van der Waals surface area contributed by atoms with Gasteiger partial charge in [-0.25, -0.2) is 5.10 Å². The summed E-state index contributed by atoms with van der Waals surface area (Å²) in [5.41, 5.74) is 0.556. The van der Waals surface area contributed by atoms with E-state index in [0.29, 0.717) is 24.8 Å². The van der Waals surface area contributed by atoms with Crippen LogP contribution in [-0.4, -0.2) is 42.3 Å². The van der Waals surface area contributed by atoms with E-state index in [1.165, 1.54) is 4.90 Å². The summed E-state index contributed by atoms with van der Waals surface area (Å²) in [5, 5.41) is 11.0. The van der Waals surface area contributed by atoms with Gasteiger partial charge in [-0.2, -0.15) is 5.10 Å². The van der Waals surface area contributed by atoms with Gasteiger partial charge >= 0.3 is 0 Å². The number of H-pyrrole nitrogens is 1. The number of aromatic amines is 1. The molecule has 0 aliphatic carbocycles. The molecule has 1 aromatic carbocycles. The molecule has 0 spiro atoms. The number of fused-ring (bicyclic) bond motifs is 1. The number of aryl methyl sites for hydroxylation is 1. The van der Waals surface area contributed by atoms with Crippen LogP contribution in [0.25, 0.3) is 10.8 Å². The molecule has 6 nitrogen and oxygen atoms in total. The van der Waals surface area contributed by atoms with Crippen LogP contribution in [0.1, 0.15) is 26.0 Å². The highest BCUT2D eigenvalue weighted by Gasteiger charge is 2.09. The standard InChI is InChI=1S/C17H24N4O2/c1-3-21(4-2)12-11-18-16(22)10-9-15-13-7-5-6-8-14(13)17(23)20-19-15/h5-8H,3-4,9-12H2,1-2H3,(H,18,22)(H,20,23)/p+1. The Balaban J connectivity index is 1.90. The number of rotatable bonds is 8. The smallest absolute Gasteiger partial charge is 0.272 e. The van der Waals surface area contributed by atoms with Crippen LogP contribution in [0.3, 0.4) is 0 Å². The van der Waals surface area contributed by atoms with E-state index in [0.717, 1.165) is 30.7 Å².